The van der Waals surface area contributed by atoms with Gasteiger partial charge in [-0.15, -0.1) is 0 Å². The van der Waals surface area contributed by atoms with Gasteiger partial charge in [-0.3, -0.25) is 9.59 Å². The van der Waals surface area contributed by atoms with Crippen LogP contribution in [0.1, 0.15) is 46.5 Å². The summed E-state index contributed by atoms with van der Waals surface area (Å²) < 4.78 is 5.37. The van der Waals surface area contributed by atoms with Crippen molar-refractivity contribution in [1.82, 2.24) is 0 Å². The highest BCUT2D eigenvalue weighted by atomic mass is 16.5. The fourth-order valence-electron chi connectivity index (χ4n) is 3.63. The van der Waals surface area contributed by atoms with Gasteiger partial charge in [-0.1, -0.05) is 20.8 Å². The predicted molar refractivity (Wildman–Crippen MR) is 61.4 cm³/mol. The highest BCUT2D eigenvalue weighted by Gasteiger charge is 2.62. The van der Waals surface area contributed by atoms with Gasteiger partial charge in [0.25, 0.3) is 0 Å². The summed E-state index contributed by atoms with van der Waals surface area (Å²) in [7, 11) is 0. The average Bonchev–Trinajstić information content (AvgIpc) is 2.49. The second-order valence-corrected chi connectivity index (χ2v) is 6.16. The number of hydrogen-bond acceptors (Lipinski definition) is 3. The molecule has 17 heavy (non-hydrogen) atoms. The third kappa shape index (κ3) is 1.74. The van der Waals surface area contributed by atoms with Gasteiger partial charge in [0.2, 0.25) is 0 Å². The summed E-state index contributed by atoms with van der Waals surface area (Å²) in [5.74, 6) is -1.13. The minimum Gasteiger partial charge on any atom is -0.481 e. The molecule has 96 valence electrons. The molecule has 0 heterocycles. The van der Waals surface area contributed by atoms with E-state index in [2.05, 4.69) is 20.8 Å². The molecule has 0 amide bonds. The van der Waals surface area contributed by atoms with Crippen molar-refractivity contribution >= 4 is 11.9 Å². The van der Waals surface area contributed by atoms with Crippen molar-refractivity contribution in [3.63, 3.8) is 0 Å². The second-order valence-electron chi connectivity index (χ2n) is 6.16. The first kappa shape index (κ1) is 12.4. The van der Waals surface area contributed by atoms with Crippen molar-refractivity contribution in [2.45, 2.75) is 52.6 Å². The summed E-state index contributed by atoms with van der Waals surface area (Å²) in [6.07, 6.45) is 2.50. The topological polar surface area (TPSA) is 63.6 Å². The molecule has 0 radical (unpaired) electrons. The summed E-state index contributed by atoms with van der Waals surface area (Å²) in [6, 6.07) is 0. The van der Waals surface area contributed by atoms with Crippen LogP contribution in [0.15, 0.2) is 0 Å². The number of carboxylic acid groups (broad SMARTS) is 1. The molecular weight excluding hydrogens is 220 g/mol. The van der Waals surface area contributed by atoms with Gasteiger partial charge in [0.1, 0.15) is 12.5 Å². The molecular formula is C13H20O4. The van der Waals surface area contributed by atoms with Gasteiger partial charge in [0.15, 0.2) is 0 Å². The van der Waals surface area contributed by atoms with Crippen molar-refractivity contribution in [1.29, 1.82) is 0 Å². The largest absolute Gasteiger partial charge is 0.481 e. The van der Waals surface area contributed by atoms with Gasteiger partial charge in [0, 0.05) is 5.41 Å². The molecule has 0 spiro atoms. The zero-order chi connectivity index (χ0) is 12.8. The molecule has 4 heteroatoms. The number of fused-ring (bicyclic) bond motifs is 2. The van der Waals surface area contributed by atoms with E-state index in [4.69, 9.17) is 9.84 Å². The van der Waals surface area contributed by atoms with E-state index in [1.165, 1.54) is 6.42 Å². The summed E-state index contributed by atoms with van der Waals surface area (Å²) in [6.45, 7) is 6.63. The molecule has 0 saturated heterocycles. The van der Waals surface area contributed by atoms with E-state index in [0.29, 0.717) is 5.92 Å². The first-order valence-corrected chi connectivity index (χ1v) is 6.18. The van der Waals surface area contributed by atoms with Crippen molar-refractivity contribution in [3.05, 3.63) is 0 Å². The Kier molecular flexibility index (Phi) is 2.71. The van der Waals surface area contributed by atoms with Crippen molar-refractivity contribution in [3.8, 4) is 0 Å². The summed E-state index contributed by atoms with van der Waals surface area (Å²) in [4.78, 5) is 21.9. The first-order valence-electron chi connectivity index (χ1n) is 6.18. The molecule has 4 nitrogen and oxygen atoms in total. The van der Waals surface area contributed by atoms with Crippen LogP contribution in [0.4, 0.5) is 0 Å². The molecule has 0 aromatic heterocycles. The number of ether oxygens (including phenoxy) is 1. The molecule has 2 bridgehead atoms. The van der Waals surface area contributed by atoms with Gasteiger partial charge < -0.3 is 9.84 Å². The molecule has 0 aromatic rings. The number of aliphatic carboxylic acids is 1. The Morgan fingerprint density at radius 1 is 1.35 bits per heavy atom. The number of carbonyl (C=O) groups is 2. The molecule has 2 saturated carbocycles. The number of hydrogen-bond donors (Lipinski definition) is 1. The summed E-state index contributed by atoms with van der Waals surface area (Å²) in [5.41, 5.74) is 0.188. The quantitative estimate of drug-likeness (QED) is 0.607. The van der Waals surface area contributed by atoms with Crippen LogP contribution in [0.5, 0.6) is 0 Å². The first-order chi connectivity index (χ1) is 7.77. The lowest BCUT2D eigenvalue weighted by Gasteiger charge is -2.38. The molecule has 2 aliphatic rings. The Balaban J connectivity index is 2.06. The van der Waals surface area contributed by atoms with Crippen LogP contribution in [0.25, 0.3) is 0 Å². The zero-order valence-electron chi connectivity index (χ0n) is 10.7. The van der Waals surface area contributed by atoms with Gasteiger partial charge in [0.05, 0.1) is 0 Å². The van der Waals surface area contributed by atoms with Crippen LogP contribution in [0.3, 0.4) is 0 Å². The Hall–Kier alpha value is -1.06. The third-order valence-corrected chi connectivity index (χ3v) is 5.28. The maximum absolute atomic E-state index is 11.4. The number of esters is 1. The molecule has 3 atom stereocenters. The van der Waals surface area contributed by atoms with E-state index in [0.717, 1.165) is 12.8 Å². The van der Waals surface area contributed by atoms with Crippen LogP contribution >= 0.6 is 0 Å². The number of carbonyl (C=O) groups excluding carboxylic acids is 1. The normalized spacial score (nSPS) is 38.1. The lowest BCUT2D eigenvalue weighted by atomic mass is 9.70. The van der Waals surface area contributed by atoms with Gasteiger partial charge in [-0.05, 0) is 30.6 Å². The minimum atomic E-state index is -1.12. The van der Waals surface area contributed by atoms with Gasteiger partial charge in [-0.25, -0.2) is 0 Å². The van der Waals surface area contributed by atoms with E-state index in [1.807, 2.05) is 0 Å². The van der Waals surface area contributed by atoms with E-state index in [-0.39, 0.29) is 16.9 Å². The summed E-state index contributed by atoms with van der Waals surface area (Å²) in [5, 5.41) is 8.56. The highest BCUT2D eigenvalue weighted by molar-refractivity contribution is 5.90. The standard InChI is InChI=1S/C13H20O4/c1-12(2)8-4-5-13(12,3)9(6-8)17-11(16)7-10(14)15/h8-9H,4-7H2,1-3H3,(H,14,15)/t8-,9-,13-/m0/s1. The van der Waals surface area contributed by atoms with Gasteiger partial charge in [-0.2, -0.15) is 0 Å². The molecule has 0 aromatic carbocycles. The Bertz CT molecular complexity index is 360. The Labute approximate surface area is 101 Å². The van der Waals surface area contributed by atoms with E-state index in [1.54, 1.807) is 0 Å². The molecule has 0 unspecified atom stereocenters. The molecule has 2 aliphatic carbocycles. The average molecular weight is 240 g/mol. The molecule has 2 fully saturated rings. The Morgan fingerprint density at radius 2 is 2.00 bits per heavy atom. The smallest absolute Gasteiger partial charge is 0.317 e. The number of rotatable bonds is 3. The van der Waals surface area contributed by atoms with E-state index < -0.39 is 18.4 Å². The van der Waals surface area contributed by atoms with E-state index in [9.17, 15) is 9.59 Å². The fraction of sp³-hybridized carbons (Fsp3) is 0.846. The van der Waals surface area contributed by atoms with Crippen molar-refractivity contribution in [2.24, 2.45) is 16.7 Å². The molecule has 1 N–H and O–H groups in total. The lowest BCUT2D eigenvalue weighted by Crippen LogP contribution is -2.38. The van der Waals surface area contributed by atoms with Crippen LogP contribution in [-0.2, 0) is 14.3 Å². The monoisotopic (exact) mass is 240 g/mol. The number of carboxylic acids is 1. The van der Waals surface area contributed by atoms with Crippen LogP contribution < -0.4 is 0 Å². The van der Waals surface area contributed by atoms with Crippen LogP contribution in [-0.4, -0.2) is 23.1 Å². The van der Waals surface area contributed by atoms with Gasteiger partial charge >= 0.3 is 11.9 Å². The maximum atomic E-state index is 11.4. The van der Waals surface area contributed by atoms with Crippen LogP contribution in [0, 0.1) is 16.7 Å². The molecule has 2 rings (SSSR count). The summed E-state index contributed by atoms with van der Waals surface area (Å²) >= 11 is 0. The zero-order valence-corrected chi connectivity index (χ0v) is 10.7. The minimum absolute atomic E-state index is 0.00578. The fourth-order valence-corrected chi connectivity index (χ4v) is 3.63. The third-order valence-electron chi connectivity index (χ3n) is 5.28. The van der Waals surface area contributed by atoms with Crippen molar-refractivity contribution < 1.29 is 19.4 Å². The maximum Gasteiger partial charge on any atom is 0.317 e. The van der Waals surface area contributed by atoms with E-state index >= 15 is 0 Å². The lowest BCUT2D eigenvalue weighted by molar-refractivity contribution is -0.161. The van der Waals surface area contributed by atoms with Crippen molar-refractivity contribution in [2.75, 3.05) is 0 Å². The SMILES string of the molecule is CC1(C)[C@H]2CC[C@@]1(C)[C@@H](OC(=O)CC(=O)O)C2. The highest BCUT2D eigenvalue weighted by Crippen LogP contribution is 2.66. The Morgan fingerprint density at radius 3 is 2.41 bits per heavy atom. The van der Waals surface area contributed by atoms with Crippen LogP contribution in [0.2, 0.25) is 0 Å². The predicted octanol–water partition coefficient (Wildman–Crippen LogP) is 2.22. The molecule has 0 aliphatic heterocycles. The second kappa shape index (κ2) is 3.72.